The molecule has 7 heteroatoms. The van der Waals surface area contributed by atoms with E-state index in [2.05, 4.69) is 17.6 Å². The molecule has 0 bridgehead atoms. The van der Waals surface area contributed by atoms with Crippen LogP contribution in [-0.2, 0) is 16.6 Å². The molecule has 0 aliphatic heterocycles. The number of amides is 2. The lowest BCUT2D eigenvalue weighted by atomic mass is 10.2. The van der Waals surface area contributed by atoms with Crippen molar-refractivity contribution >= 4 is 16.1 Å². The SMILES string of the molecule is C[C@H]1C[C@H]1CNC(=O)NCc1ccc(S(N)(=O)=O)cc1. The van der Waals surface area contributed by atoms with E-state index in [1.807, 2.05) is 0 Å². The molecule has 20 heavy (non-hydrogen) atoms. The van der Waals surface area contributed by atoms with Crippen molar-refractivity contribution in [3.8, 4) is 0 Å². The molecule has 1 aromatic carbocycles. The Kier molecular flexibility index (Phi) is 4.29. The number of hydrogen-bond donors (Lipinski definition) is 3. The predicted molar refractivity (Wildman–Crippen MR) is 75.3 cm³/mol. The average Bonchev–Trinajstić information content (AvgIpc) is 3.09. The van der Waals surface area contributed by atoms with Gasteiger partial charge in [0.25, 0.3) is 0 Å². The lowest BCUT2D eigenvalue weighted by molar-refractivity contribution is 0.240. The molecule has 110 valence electrons. The molecule has 0 unspecified atom stereocenters. The maximum atomic E-state index is 11.5. The van der Waals surface area contributed by atoms with Crippen molar-refractivity contribution in [2.45, 2.75) is 24.8 Å². The van der Waals surface area contributed by atoms with Crippen LogP contribution in [0.25, 0.3) is 0 Å². The van der Waals surface area contributed by atoms with Crippen molar-refractivity contribution in [2.75, 3.05) is 6.54 Å². The first-order valence-corrected chi connectivity index (χ1v) is 8.04. The van der Waals surface area contributed by atoms with Crippen molar-refractivity contribution in [3.05, 3.63) is 29.8 Å². The molecule has 1 fully saturated rings. The number of carbonyl (C=O) groups is 1. The van der Waals surface area contributed by atoms with Crippen LogP contribution < -0.4 is 15.8 Å². The van der Waals surface area contributed by atoms with Crippen LogP contribution in [0.2, 0.25) is 0 Å². The van der Waals surface area contributed by atoms with Gasteiger partial charge in [0.1, 0.15) is 0 Å². The molecule has 0 aromatic heterocycles. The van der Waals surface area contributed by atoms with E-state index in [9.17, 15) is 13.2 Å². The number of carbonyl (C=O) groups excluding carboxylic acids is 1. The van der Waals surface area contributed by atoms with E-state index in [0.717, 1.165) is 5.56 Å². The molecule has 2 amide bonds. The molecule has 6 nitrogen and oxygen atoms in total. The molecule has 1 aliphatic rings. The van der Waals surface area contributed by atoms with Gasteiger partial charge in [-0.25, -0.2) is 18.4 Å². The molecule has 1 saturated carbocycles. The third-order valence-electron chi connectivity index (χ3n) is 3.51. The van der Waals surface area contributed by atoms with Gasteiger partial charge >= 0.3 is 6.03 Å². The van der Waals surface area contributed by atoms with Gasteiger partial charge in [0, 0.05) is 13.1 Å². The monoisotopic (exact) mass is 297 g/mol. The summed E-state index contributed by atoms with van der Waals surface area (Å²) in [5.41, 5.74) is 0.812. The Morgan fingerprint density at radius 2 is 1.90 bits per heavy atom. The first kappa shape index (κ1) is 14.8. The Hall–Kier alpha value is -1.60. The number of nitrogens with two attached hydrogens (primary N) is 1. The van der Waals surface area contributed by atoms with Crippen molar-refractivity contribution < 1.29 is 13.2 Å². The van der Waals surface area contributed by atoms with Gasteiger partial charge in [-0.1, -0.05) is 19.1 Å². The van der Waals surface area contributed by atoms with Gasteiger partial charge < -0.3 is 10.6 Å². The molecular weight excluding hydrogens is 278 g/mol. The summed E-state index contributed by atoms with van der Waals surface area (Å²) in [5.74, 6) is 1.32. The standard InChI is InChI=1S/C13H19N3O3S/c1-9-6-11(9)8-16-13(17)15-7-10-2-4-12(5-3-10)20(14,18)19/h2-5,9,11H,6-8H2,1H3,(H2,14,18,19)(H2,15,16,17)/t9-,11-/m0/s1. The first-order chi connectivity index (χ1) is 9.36. The predicted octanol–water partition coefficient (Wildman–Crippen LogP) is 0.789. The highest BCUT2D eigenvalue weighted by Gasteiger charge is 2.32. The summed E-state index contributed by atoms with van der Waals surface area (Å²) in [5, 5.41) is 10.5. The van der Waals surface area contributed by atoms with Gasteiger partial charge in [-0.3, -0.25) is 0 Å². The third-order valence-corrected chi connectivity index (χ3v) is 4.44. The summed E-state index contributed by atoms with van der Waals surface area (Å²) >= 11 is 0. The quantitative estimate of drug-likeness (QED) is 0.749. The smallest absolute Gasteiger partial charge is 0.315 e. The van der Waals surface area contributed by atoms with E-state index in [4.69, 9.17) is 5.14 Å². The van der Waals surface area contributed by atoms with Crippen molar-refractivity contribution in [3.63, 3.8) is 0 Å². The zero-order valence-corrected chi connectivity index (χ0v) is 12.1. The lowest BCUT2D eigenvalue weighted by Crippen LogP contribution is -2.36. The number of benzene rings is 1. The molecule has 0 radical (unpaired) electrons. The highest BCUT2D eigenvalue weighted by molar-refractivity contribution is 7.89. The van der Waals surface area contributed by atoms with Crippen molar-refractivity contribution in [2.24, 2.45) is 17.0 Å². The highest BCUT2D eigenvalue weighted by Crippen LogP contribution is 2.36. The Balaban J connectivity index is 1.77. The molecule has 0 spiro atoms. The van der Waals surface area contributed by atoms with Crippen LogP contribution in [0, 0.1) is 11.8 Å². The first-order valence-electron chi connectivity index (χ1n) is 6.49. The van der Waals surface area contributed by atoms with E-state index in [0.29, 0.717) is 24.9 Å². The van der Waals surface area contributed by atoms with E-state index in [1.165, 1.54) is 18.6 Å². The van der Waals surface area contributed by atoms with Crippen LogP contribution in [0.3, 0.4) is 0 Å². The molecule has 1 aromatic rings. The second-order valence-electron chi connectivity index (χ2n) is 5.23. The van der Waals surface area contributed by atoms with E-state index in [-0.39, 0.29) is 10.9 Å². The van der Waals surface area contributed by atoms with Gasteiger partial charge in [0.05, 0.1) is 4.90 Å². The number of urea groups is 1. The summed E-state index contributed by atoms with van der Waals surface area (Å²) in [6.07, 6.45) is 1.18. The Bertz CT molecular complexity index is 583. The summed E-state index contributed by atoms with van der Waals surface area (Å²) in [6, 6.07) is 5.90. The van der Waals surface area contributed by atoms with E-state index in [1.54, 1.807) is 12.1 Å². The molecule has 0 saturated heterocycles. The zero-order chi connectivity index (χ0) is 14.8. The van der Waals surface area contributed by atoms with Gasteiger partial charge in [-0.2, -0.15) is 0 Å². The lowest BCUT2D eigenvalue weighted by Gasteiger charge is -2.07. The summed E-state index contributed by atoms with van der Waals surface area (Å²) in [6.45, 7) is 3.21. The summed E-state index contributed by atoms with van der Waals surface area (Å²) in [4.78, 5) is 11.6. The topological polar surface area (TPSA) is 101 Å². The number of primary sulfonamides is 1. The highest BCUT2D eigenvalue weighted by atomic mass is 32.2. The average molecular weight is 297 g/mol. The normalized spacial score (nSPS) is 21.3. The summed E-state index contributed by atoms with van der Waals surface area (Å²) < 4.78 is 22.2. The number of nitrogens with one attached hydrogen (secondary N) is 2. The largest absolute Gasteiger partial charge is 0.338 e. The maximum Gasteiger partial charge on any atom is 0.315 e. The molecule has 0 heterocycles. The van der Waals surface area contributed by atoms with Crippen LogP contribution in [0.4, 0.5) is 4.79 Å². The Morgan fingerprint density at radius 3 is 2.40 bits per heavy atom. The third kappa shape index (κ3) is 4.21. The van der Waals surface area contributed by atoms with Crippen LogP contribution in [-0.4, -0.2) is 21.0 Å². The second kappa shape index (κ2) is 5.80. The van der Waals surface area contributed by atoms with Gasteiger partial charge in [0.2, 0.25) is 10.0 Å². The number of rotatable bonds is 5. The number of hydrogen-bond acceptors (Lipinski definition) is 3. The molecule has 4 N–H and O–H groups in total. The molecular formula is C13H19N3O3S. The second-order valence-corrected chi connectivity index (χ2v) is 6.79. The van der Waals surface area contributed by atoms with Crippen LogP contribution >= 0.6 is 0 Å². The van der Waals surface area contributed by atoms with Gasteiger partial charge in [-0.15, -0.1) is 0 Å². The van der Waals surface area contributed by atoms with Crippen LogP contribution in [0.1, 0.15) is 18.9 Å². The minimum absolute atomic E-state index is 0.0634. The van der Waals surface area contributed by atoms with Crippen molar-refractivity contribution in [1.82, 2.24) is 10.6 Å². The van der Waals surface area contributed by atoms with E-state index >= 15 is 0 Å². The van der Waals surface area contributed by atoms with Gasteiger partial charge in [-0.05, 0) is 36.0 Å². The molecule has 2 atom stereocenters. The number of sulfonamides is 1. The molecule has 1 aliphatic carbocycles. The van der Waals surface area contributed by atoms with E-state index < -0.39 is 10.0 Å². The zero-order valence-electron chi connectivity index (χ0n) is 11.3. The van der Waals surface area contributed by atoms with Crippen LogP contribution in [0.5, 0.6) is 0 Å². The Labute approximate surface area is 118 Å². The Morgan fingerprint density at radius 1 is 1.30 bits per heavy atom. The summed E-state index contributed by atoms with van der Waals surface area (Å²) in [7, 11) is -3.67. The fraction of sp³-hybridized carbons (Fsp3) is 0.462. The minimum atomic E-state index is -3.67. The molecule has 2 rings (SSSR count). The fourth-order valence-corrected chi connectivity index (χ4v) is 2.46. The minimum Gasteiger partial charge on any atom is -0.338 e. The van der Waals surface area contributed by atoms with Crippen LogP contribution in [0.15, 0.2) is 29.2 Å². The van der Waals surface area contributed by atoms with Gasteiger partial charge in [0.15, 0.2) is 0 Å². The van der Waals surface area contributed by atoms with Crippen molar-refractivity contribution in [1.29, 1.82) is 0 Å². The maximum absolute atomic E-state index is 11.5. The fourth-order valence-electron chi connectivity index (χ4n) is 1.95.